The van der Waals surface area contributed by atoms with Gasteiger partial charge in [0.1, 0.15) is 11.9 Å². The summed E-state index contributed by atoms with van der Waals surface area (Å²) < 4.78 is 11.0. The van der Waals surface area contributed by atoms with Crippen LogP contribution in [0.25, 0.3) is 0 Å². The fraction of sp³-hybridized carbons (Fsp3) is 0.533. The predicted molar refractivity (Wildman–Crippen MR) is 68.0 cm³/mol. The van der Waals surface area contributed by atoms with E-state index in [0.717, 1.165) is 12.2 Å². The van der Waals surface area contributed by atoms with Crippen LogP contribution in [-0.4, -0.2) is 18.7 Å². The minimum Gasteiger partial charge on any atom is -0.489 e. The first kappa shape index (κ1) is 11.6. The quantitative estimate of drug-likeness (QED) is 0.751. The SMILES string of the molecule is CCOC(=O)c1ccc2c(c1)[C@H]1CCCC[C@@H]1O2. The summed E-state index contributed by atoms with van der Waals surface area (Å²) in [5, 5.41) is 0. The molecule has 3 rings (SSSR count). The maximum absolute atomic E-state index is 11.7. The highest BCUT2D eigenvalue weighted by Gasteiger charge is 2.36. The van der Waals surface area contributed by atoms with Gasteiger partial charge >= 0.3 is 5.97 Å². The molecule has 0 amide bonds. The summed E-state index contributed by atoms with van der Waals surface area (Å²) in [6.07, 6.45) is 5.14. The van der Waals surface area contributed by atoms with Gasteiger partial charge in [-0.05, 0) is 44.4 Å². The van der Waals surface area contributed by atoms with Crippen LogP contribution in [0.1, 0.15) is 54.4 Å². The average molecular weight is 246 g/mol. The van der Waals surface area contributed by atoms with Crippen molar-refractivity contribution in [3.63, 3.8) is 0 Å². The normalized spacial score (nSPS) is 24.9. The lowest BCUT2D eigenvalue weighted by Gasteiger charge is -2.23. The van der Waals surface area contributed by atoms with Crippen LogP contribution in [0, 0.1) is 0 Å². The zero-order valence-corrected chi connectivity index (χ0v) is 10.6. The smallest absolute Gasteiger partial charge is 0.338 e. The van der Waals surface area contributed by atoms with Crippen LogP contribution in [-0.2, 0) is 4.74 Å². The molecule has 1 heterocycles. The van der Waals surface area contributed by atoms with E-state index in [1.807, 2.05) is 19.1 Å². The second kappa shape index (κ2) is 4.63. The van der Waals surface area contributed by atoms with Gasteiger partial charge in [0.2, 0.25) is 0 Å². The van der Waals surface area contributed by atoms with Crippen LogP contribution < -0.4 is 4.74 Å². The molecule has 96 valence electrons. The molecule has 2 atom stereocenters. The lowest BCUT2D eigenvalue weighted by Crippen LogP contribution is -2.22. The van der Waals surface area contributed by atoms with Crippen molar-refractivity contribution in [3.8, 4) is 5.75 Å². The highest BCUT2D eigenvalue weighted by Crippen LogP contribution is 2.45. The topological polar surface area (TPSA) is 35.5 Å². The number of esters is 1. The molecular formula is C15H18O3. The fourth-order valence-corrected chi connectivity index (χ4v) is 3.04. The molecule has 0 N–H and O–H groups in total. The number of hydrogen-bond donors (Lipinski definition) is 0. The van der Waals surface area contributed by atoms with E-state index in [2.05, 4.69) is 0 Å². The molecule has 3 heteroatoms. The van der Waals surface area contributed by atoms with Gasteiger partial charge in [-0.2, -0.15) is 0 Å². The zero-order valence-electron chi connectivity index (χ0n) is 10.6. The van der Waals surface area contributed by atoms with E-state index in [4.69, 9.17) is 9.47 Å². The van der Waals surface area contributed by atoms with Crippen molar-refractivity contribution in [2.75, 3.05) is 6.61 Å². The van der Waals surface area contributed by atoms with E-state index >= 15 is 0 Å². The molecule has 1 aromatic rings. The number of hydrogen-bond acceptors (Lipinski definition) is 3. The Balaban J connectivity index is 1.89. The minimum atomic E-state index is -0.237. The van der Waals surface area contributed by atoms with E-state index in [1.165, 1.54) is 24.8 Å². The number of carbonyl (C=O) groups excluding carboxylic acids is 1. The summed E-state index contributed by atoms with van der Waals surface area (Å²) in [4.78, 5) is 11.7. The summed E-state index contributed by atoms with van der Waals surface area (Å²) >= 11 is 0. The van der Waals surface area contributed by atoms with Gasteiger partial charge in [-0.3, -0.25) is 0 Å². The third kappa shape index (κ3) is 1.88. The molecule has 0 bridgehead atoms. The van der Waals surface area contributed by atoms with Crippen molar-refractivity contribution in [2.24, 2.45) is 0 Å². The Labute approximate surface area is 107 Å². The monoisotopic (exact) mass is 246 g/mol. The van der Waals surface area contributed by atoms with Gasteiger partial charge in [-0.15, -0.1) is 0 Å². The molecule has 18 heavy (non-hydrogen) atoms. The van der Waals surface area contributed by atoms with Crippen molar-refractivity contribution in [1.29, 1.82) is 0 Å². The van der Waals surface area contributed by atoms with Crippen molar-refractivity contribution < 1.29 is 14.3 Å². The molecule has 0 unspecified atom stereocenters. The van der Waals surface area contributed by atoms with Crippen LogP contribution in [0.4, 0.5) is 0 Å². The molecule has 0 spiro atoms. The summed E-state index contributed by atoms with van der Waals surface area (Å²) in [5.74, 6) is 1.20. The Kier molecular flexibility index (Phi) is 2.98. The predicted octanol–water partition coefficient (Wildman–Crippen LogP) is 3.28. The van der Waals surface area contributed by atoms with E-state index < -0.39 is 0 Å². The highest BCUT2D eigenvalue weighted by atomic mass is 16.5. The highest BCUT2D eigenvalue weighted by molar-refractivity contribution is 5.90. The van der Waals surface area contributed by atoms with Gasteiger partial charge in [-0.1, -0.05) is 6.42 Å². The summed E-state index contributed by atoms with van der Waals surface area (Å²) in [5.41, 5.74) is 1.84. The van der Waals surface area contributed by atoms with Gasteiger partial charge in [0.15, 0.2) is 0 Å². The number of benzene rings is 1. The van der Waals surface area contributed by atoms with Gasteiger partial charge in [0.25, 0.3) is 0 Å². The molecule has 0 radical (unpaired) electrons. The van der Waals surface area contributed by atoms with Crippen LogP contribution >= 0.6 is 0 Å². The van der Waals surface area contributed by atoms with Crippen LogP contribution in [0.2, 0.25) is 0 Å². The van der Waals surface area contributed by atoms with Gasteiger partial charge in [0.05, 0.1) is 12.2 Å². The molecular weight excluding hydrogens is 228 g/mol. The molecule has 0 aromatic heterocycles. The largest absolute Gasteiger partial charge is 0.489 e. The number of carbonyl (C=O) groups is 1. The maximum atomic E-state index is 11.7. The van der Waals surface area contributed by atoms with Gasteiger partial charge in [0, 0.05) is 11.5 Å². The van der Waals surface area contributed by atoms with E-state index in [-0.39, 0.29) is 5.97 Å². The summed E-state index contributed by atoms with van der Waals surface area (Å²) in [7, 11) is 0. The Morgan fingerprint density at radius 2 is 2.22 bits per heavy atom. The Hall–Kier alpha value is -1.51. The number of rotatable bonds is 2. The molecule has 0 saturated heterocycles. The summed E-state index contributed by atoms with van der Waals surface area (Å²) in [6, 6.07) is 5.68. The Morgan fingerprint density at radius 3 is 3.06 bits per heavy atom. The third-order valence-corrected chi connectivity index (χ3v) is 3.90. The molecule has 3 nitrogen and oxygen atoms in total. The van der Waals surface area contributed by atoms with Gasteiger partial charge in [-0.25, -0.2) is 4.79 Å². The zero-order chi connectivity index (χ0) is 12.5. The molecule has 1 aromatic carbocycles. The van der Waals surface area contributed by atoms with Gasteiger partial charge < -0.3 is 9.47 Å². The van der Waals surface area contributed by atoms with E-state index in [1.54, 1.807) is 6.07 Å². The lowest BCUT2D eigenvalue weighted by atomic mass is 9.83. The standard InChI is InChI=1S/C15H18O3/c1-2-17-15(16)10-7-8-14-12(9-10)11-5-3-4-6-13(11)18-14/h7-9,11,13H,2-6H2,1H3/t11-,13+/m1/s1. The van der Waals surface area contributed by atoms with Crippen molar-refractivity contribution in [2.45, 2.75) is 44.6 Å². The number of ether oxygens (including phenoxy) is 2. The molecule has 1 fully saturated rings. The first-order chi connectivity index (χ1) is 8.79. The Morgan fingerprint density at radius 1 is 1.39 bits per heavy atom. The molecule has 1 aliphatic heterocycles. The van der Waals surface area contributed by atoms with Crippen LogP contribution in [0.5, 0.6) is 5.75 Å². The summed E-state index contributed by atoms with van der Waals surface area (Å²) in [6.45, 7) is 2.24. The Bertz CT molecular complexity index is 467. The van der Waals surface area contributed by atoms with E-state index in [0.29, 0.717) is 24.2 Å². The minimum absolute atomic E-state index is 0.237. The average Bonchev–Trinajstić information content (AvgIpc) is 2.76. The van der Waals surface area contributed by atoms with E-state index in [9.17, 15) is 4.79 Å². The second-order valence-corrected chi connectivity index (χ2v) is 5.02. The fourth-order valence-electron chi connectivity index (χ4n) is 3.04. The molecule has 1 aliphatic carbocycles. The lowest BCUT2D eigenvalue weighted by molar-refractivity contribution is 0.0526. The van der Waals surface area contributed by atoms with Crippen molar-refractivity contribution in [3.05, 3.63) is 29.3 Å². The third-order valence-electron chi connectivity index (χ3n) is 3.90. The van der Waals surface area contributed by atoms with Crippen LogP contribution in [0.3, 0.4) is 0 Å². The van der Waals surface area contributed by atoms with Crippen molar-refractivity contribution in [1.82, 2.24) is 0 Å². The first-order valence-corrected chi connectivity index (χ1v) is 6.77. The molecule has 2 aliphatic rings. The maximum Gasteiger partial charge on any atom is 0.338 e. The van der Waals surface area contributed by atoms with Crippen molar-refractivity contribution >= 4 is 5.97 Å². The first-order valence-electron chi connectivity index (χ1n) is 6.77. The molecule has 1 saturated carbocycles. The second-order valence-electron chi connectivity index (χ2n) is 5.02. The number of fused-ring (bicyclic) bond motifs is 3. The van der Waals surface area contributed by atoms with Crippen LogP contribution in [0.15, 0.2) is 18.2 Å².